The molecule has 2 aromatic carbocycles. The van der Waals surface area contributed by atoms with Crippen molar-refractivity contribution in [2.24, 2.45) is 0 Å². The number of carbonyl (C=O) groups excluding carboxylic acids is 2. The molecule has 1 fully saturated rings. The van der Waals surface area contributed by atoms with E-state index in [1.807, 2.05) is 35.4 Å². The van der Waals surface area contributed by atoms with E-state index < -0.39 is 70.7 Å². The molecule has 5 heterocycles. The number of morpholine rings is 1. The van der Waals surface area contributed by atoms with Crippen LogP contribution in [0.5, 0.6) is 5.75 Å². The first-order chi connectivity index (χ1) is 22.7. The van der Waals surface area contributed by atoms with Crippen LogP contribution in [0.3, 0.4) is 0 Å². The van der Waals surface area contributed by atoms with Crippen molar-refractivity contribution in [3.63, 3.8) is 0 Å². The number of rotatable bonds is 4. The molecule has 244 valence electrons. The van der Waals surface area contributed by atoms with Gasteiger partial charge in [-0.05, 0) is 35.3 Å². The number of pyridine rings is 1. The number of amides is 1. The third kappa shape index (κ3) is 4.44. The minimum atomic E-state index is -3.43. The summed E-state index contributed by atoms with van der Waals surface area (Å²) >= 11 is 0. The number of nitrogens with zero attached hydrogens (tertiary/aromatic N) is 3. The van der Waals surface area contributed by atoms with Crippen molar-refractivity contribution in [3.8, 4) is 5.75 Å². The fourth-order valence-electron chi connectivity index (χ4n) is 7.30. The average Bonchev–Trinajstić information content (AvgIpc) is 3.40. The second kappa shape index (κ2) is 11.0. The summed E-state index contributed by atoms with van der Waals surface area (Å²) in [4.78, 5) is 42.1. The number of aromatic nitrogens is 1. The van der Waals surface area contributed by atoms with Gasteiger partial charge in [-0.15, -0.1) is 10.5 Å². The van der Waals surface area contributed by atoms with E-state index in [0.29, 0.717) is 11.3 Å². The normalized spacial score (nSPS) is 23.4. The minimum absolute atomic E-state index is 0.0740. The van der Waals surface area contributed by atoms with Crippen molar-refractivity contribution < 1.29 is 41.7 Å². The Labute approximate surface area is 268 Å². The molecule has 0 bridgehead atoms. The summed E-state index contributed by atoms with van der Waals surface area (Å²) in [6.45, 7) is -0.236. The van der Waals surface area contributed by atoms with Crippen molar-refractivity contribution in [1.29, 1.82) is 0 Å². The van der Waals surface area contributed by atoms with E-state index in [1.54, 1.807) is 11.0 Å². The molecule has 8 rings (SSSR count). The monoisotopic (exact) mass is 667 g/mol. The Kier molecular flexibility index (Phi) is 6.99. The smallest absolute Gasteiger partial charge is 0.451 e. The lowest BCUT2D eigenvalue weighted by atomic mass is 9.86. The summed E-state index contributed by atoms with van der Waals surface area (Å²) in [7, 11) is 0.458. The van der Waals surface area contributed by atoms with E-state index >= 15 is 13.2 Å². The molecule has 4 aliphatic heterocycles. The second-order valence-electron chi connectivity index (χ2n) is 11.6. The van der Waals surface area contributed by atoms with Gasteiger partial charge in [0.25, 0.3) is 11.8 Å². The Morgan fingerprint density at radius 3 is 2.79 bits per heavy atom. The van der Waals surface area contributed by atoms with Crippen LogP contribution in [0.25, 0.3) is 0 Å². The Morgan fingerprint density at radius 1 is 1.13 bits per heavy atom. The van der Waals surface area contributed by atoms with E-state index in [4.69, 9.17) is 14.2 Å². The molecule has 1 saturated heterocycles. The molecular weight excluding hydrogens is 639 g/mol. The lowest BCUT2D eigenvalue weighted by Crippen LogP contribution is -2.66. The summed E-state index contributed by atoms with van der Waals surface area (Å²) in [6.07, 6.45) is 1.26. The van der Waals surface area contributed by atoms with E-state index in [9.17, 15) is 14.4 Å². The molecular formula is C33H28F3N3O7S. The molecule has 0 N–H and O–H groups in total. The van der Waals surface area contributed by atoms with Gasteiger partial charge in [0.1, 0.15) is 12.0 Å². The first-order valence-electron chi connectivity index (χ1n) is 15.0. The summed E-state index contributed by atoms with van der Waals surface area (Å²) in [6, 6.07) is 10.7. The predicted octanol–water partition coefficient (Wildman–Crippen LogP) is 4.63. The molecule has 0 spiro atoms. The zero-order chi connectivity index (χ0) is 32.6. The van der Waals surface area contributed by atoms with Crippen molar-refractivity contribution in [2.45, 2.75) is 35.9 Å². The highest BCUT2D eigenvalue weighted by atomic mass is 32.2. The number of carbonyl (C=O) groups is 2. The Morgan fingerprint density at radius 2 is 1.96 bits per heavy atom. The van der Waals surface area contributed by atoms with E-state index in [0.717, 1.165) is 34.1 Å². The molecule has 10 nitrogen and oxygen atoms in total. The van der Waals surface area contributed by atoms with Gasteiger partial charge < -0.3 is 23.8 Å². The van der Waals surface area contributed by atoms with Gasteiger partial charge in [0.2, 0.25) is 18.0 Å². The molecule has 3 atom stereocenters. The van der Waals surface area contributed by atoms with Gasteiger partial charge in [0.05, 0.1) is 31.9 Å². The zero-order valence-corrected chi connectivity index (χ0v) is 25.9. The van der Waals surface area contributed by atoms with Gasteiger partial charge in [-0.2, -0.15) is 0 Å². The summed E-state index contributed by atoms with van der Waals surface area (Å²) in [5, 5.41) is 1.83. The van der Waals surface area contributed by atoms with Crippen LogP contribution in [0.2, 0.25) is 0 Å². The topological polar surface area (TPSA) is 99.5 Å². The Hall–Kier alpha value is -4.56. The Bertz CT molecular complexity index is 1990. The number of fused-ring (bicyclic) bond motifs is 4. The van der Waals surface area contributed by atoms with Crippen LogP contribution in [0.1, 0.15) is 51.6 Å². The Balaban J connectivity index is 1.41. The molecule has 3 unspecified atom stereocenters. The molecule has 14 heteroatoms. The fourth-order valence-corrected chi connectivity index (χ4v) is 9.90. The minimum Gasteiger partial charge on any atom is -0.451 e. The molecule has 1 aliphatic carbocycles. The van der Waals surface area contributed by atoms with Crippen LogP contribution < -0.4 is 15.2 Å². The van der Waals surface area contributed by atoms with Crippen LogP contribution >= 0.6 is 10.5 Å². The number of alkyl halides is 2. The first kappa shape index (κ1) is 29.8. The van der Waals surface area contributed by atoms with E-state index in [-0.39, 0.29) is 43.2 Å². The lowest BCUT2D eigenvalue weighted by Gasteiger charge is -2.51. The second-order valence-corrected chi connectivity index (χ2v) is 13.6. The van der Waals surface area contributed by atoms with Crippen molar-refractivity contribution >= 4 is 27.4 Å². The van der Waals surface area contributed by atoms with Gasteiger partial charge >= 0.3 is 6.16 Å². The van der Waals surface area contributed by atoms with Crippen molar-refractivity contribution in [2.75, 3.05) is 44.4 Å². The van der Waals surface area contributed by atoms with Crippen LogP contribution in [0.4, 0.5) is 18.0 Å². The standard InChI is InChI=1S/C33H28F3N3O7S/c1-43-32(42)46-17-45-29-22(40)9-12-38-28(29)31(41)37-13-14-44-16-24(37)39(38)27-19-4-2-3-5-23(19)47-15-10-18-8-11-33(35,36)26-21(34)7-6-20(27)25(26)30(18)47/h2-7,9-10,12,24,27H,8,11,13-17H2,1H3. The third-order valence-electron chi connectivity index (χ3n) is 9.26. The number of benzene rings is 2. The summed E-state index contributed by atoms with van der Waals surface area (Å²) in [5.74, 6) is -4.67. The molecule has 47 heavy (non-hydrogen) atoms. The molecule has 0 radical (unpaired) electrons. The van der Waals surface area contributed by atoms with E-state index in [2.05, 4.69) is 4.74 Å². The summed E-state index contributed by atoms with van der Waals surface area (Å²) < 4.78 is 70.0. The molecule has 1 aromatic heterocycles. The lowest BCUT2D eigenvalue weighted by molar-refractivity contribution is -0.0210. The van der Waals surface area contributed by atoms with Crippen LogP contribution in [0, 0.1) is 5.82 Å². The highest BCUT2D eigenvalue weighted by Gasteiger charge is 2.50. The first-order valence-corrected chi connectivity index (χ1v) is 16.4. The van der Waals surface area contributed by atoms with Crippen LogP contribution in [-0.4, -0.2) is 72.1 Å². The van der Waals surface area contributed by atoms with E-state index in [1.165, 1.54) is 16.9 Å². The van der Waals surface area contributed by atoms with Crippen LogP contribution in [-0.2, 0) is 20.1 Å². The highest BCUT2D eigenvalue weighted by Crippen LogP contribution is 2.54. The molecule has 3 aromatic rings. The average molecular weight is 668 g/mol. The van der Waals surface area contributed by atoms with Crippen LogP contribution in [0.15, 0.2) is 70.0 Å². The summed E-state index contributed by atoms with van der Waals surface area (Å²) in [5.41, 5.74) is 0.864. The zero-order valence-electron chi connectivity index (χ0n) is 25.0. The number of ether oxygens (including phenoxy) is 4. The highest BCUT2D eigenvalue weighted by molar-refractivity contribution is 8.17. The molecule has 5 aliphatic rings. The number of allylic oxidation sites excluding steroid dienone is 1. The molecule has 1 amide bonds. The maximum atomic E-state index is 16.0. The van der Waals surface area contributed by atoms with Gasteiger partial charge in [-0.25, -0.2) is 18.0 Å². The van der Waals surface area contributed by atoms with Crippen molar-refractivity contribution in [3.05, 3.63) is 104 Å². The van der Waals surface area contributed by atoms with Gasteiger partial charge in [-0.1, -0.05) is 30.3 Å². The number of halogens is 3. The third-order valence-corrected chi connectivity index (χ3v) is 11.6. The largest absolute Gasteiger partial charge is 0.510 e. The predicted molar refractivity (Wildman–Crippen MR) is 164 cm³/mol. The molecule has 0 saturated carbocycles. The van der Waals surface area contributed by atoms with Crippen molar-refractivity contribution in [1.82, 2.24) is 9.58 Å². The maximum Gasteiger partial charge on any atom is 0.510 e. The SMILES string of the molecule is COC(=O)OCOc1c2n(ccc1=O)N(C1c3ccccc3S3=C4C(=CC3)CCC(F)(F)c3c(F)ccc1c34)C1COCCN1C2=O. The fraction of sp³-hybridized carbons (Fsp3) is 0.333. The number of hydrogen-bond acceptors (Lipinski definition) is 8. The number of hydrogen-bond donors (Lipinski definition) is 0. The van der Waals surface area contributed by atoms with Gasteiger partial charge in [0.15, 0.2) is 5.69 Å². The maximum absolute atomic E-state index is 16.0. The quantitative estimate of drug-likeness (QED) is 0.226. The number of methoxy groups -OCH3 is 1. The van der Waals surface area contributed by atoms with Gasteiger partial charge in [-0.3, -0.25) is 19.3 Å². The van der Waals surface area contributed by atoms with Gasteiger partial charge in [0, 0.05) is 46.3 Å².